The van der Waals surface area contributed by atoms with Gasteiger partial charge in [-0.2, -0.15) is 0 Å². The minimum atomic E-state index is -0.793. The van der Waals surface area contributed by atoms with Gasteiger partial charge < -0.3 is 20.3 Å². The third-order valence-corrected chi connectivity index (χ3v) is 5.49. The van der Waals surface area contributed by atoms with Gasteiger partial charge in [0.2, 0.25) is 11.8 Å². The van der Waals surface area contributed by atoms with E-state index in [4.69, 9.17) is 4.74 Å². The number of carbonyl (C=O) groups is 3. The van der Waals surface area contributed by atoms with Gasteiger partial charge in [-0.05, 0) is 65.9 Å². The maximum atomic E-state index is 14.0. The quantitative estimate of drug-likeness (QED) is 0.596. The molecular formula is C26H41N3O4. The van der Waals surface area contributed by atoms with E-state index in [2.05, 4.69) is 10.6 Å². The Bertz CT molecular complexity index is 822. The van der Waals surface area contributed by atoms with Gasteiger partial charge in [-0.15, -0.1) is 0 Å². The van der Waals surface area contributed by atoms with Crippen molar-refractivity contribution in [2.24, 2.45) is 5.92 Å². The van der Waals surface area contributed by atoms with E-state index in [9.17, 15) is 14.4 Å². The SMILES string of the molecule is CCC(C)C(NC(=O)OC(C)(C)C)C(=O)N(C1CC1)C(C(=O)NC(C)(C)C)c1ccccc1. The lowest BCUT2D eigenvalue weighted by molar-refractivity contribution is -0.144. The molecule has 7 nitrogen and oxygen atoms in total. The third kappa shape index (κ3) is 8.06. The van der Waals surface area contributed by atoms with E-state index in [1.807, 2.05) is 65.0 Å². The molecule has 1 saturated carbocycles. The second-order valence-corrected chi connectivity index (χ2v) is 11.0. The zero-order chi connectivity index (χ0) is 25.0. The van der Waals surface area contributed by atoms with Gasteiger partial charge >= 0.3 is 6.09 Å². The number of alkyl carbamates (subject to hydrolysis) is 1. The molecule has 184 valence electrons. The largest absolute Gasteiger partial charge is 0.444 e. The van der Waals surface area contributed by atoms with Crippen molar-refractivity contribution in [3.05, 3.63) is 35.9 Å². The molecule has 1 aromatic carbocycles. The van der Waals surface area contributed by atoms with Crippen LogP contribution in [0, 0.1) is 5.92 Å². The Morgan fingerprint density at radius 1 is 1.06 bits per heavy atom. The first kappa shape index (κ1) is 26.7. The molecule has 33 heavy (non-hydrogen) atoms. The van der Waals surface area contributed by atoms with Crippen LogP contribution in [0.25, 0.3) is 0 Å². The van der Waals surface area contributed by atoms with Crippen molar-refractivity contribution in [2.75, 3.05) is 0 Å². The van der Waals surface area contributed by atoms with E-state index >= 15 is 0 Å². The Hall–Kier alpha value is -2.57. The van der Waals surface area contributed by atoms with E-state index in [0.717, 1.165) is 18.4 Å². The number of rotatable bonds is 8. The summed E-state index contributed by atoms with van der Waals surface area (Å²) in [5.41, 5.74) is -0.380. The maximum Gasteiger partial charge on any atom is 0.408 e. The van der Waals surface area contributed by atoms with Crippen LogP contribution in [0.15, 0.2) is 30.3 Å². The molecule has 1 aliphatic carbocycles. The molecule has 3 unspecified atom stereocenters. The Balaban J connectivity index is 2.44. The van der Waals surface area contributed by atoms with Crippen LogP contribution in [-0.2, 0) is 14.3 Å². The maximum absolute atomic E-state index is 14.0. The standard InChI is InChI=1S/C26H41N3O4/c1-9-17(2)20(27-24(32)33-26(6,7)8)23(31)29(19-15-16-19)21(18-13-11-10-12-14-18)22(30)28-25(3,4)5/h10-14,17,19-21H,9,15-16H2,1-8H3,(H,27,32)(H,28,30). The molecule has 0 aliphatic heterocycles. The minimum Gasteiger partial charge on any atom is -0.444 e. The Labute approximate surface area is 198 Å². The van der Waals surface area contributed by atoms with Gasteiger partial charge in [0.15, 0.2) is 0 Å². The number of carbonyl (C=O) groups excluding carboxylic acids is 3. The zero-order valence-electron chi connectivity index (χ0n) is 21.4. The average Bonchev–Trinajstić information content (AvgIpc) is 3.52. The average molecular weight is 460 g/mol. The van der Waals surface area contributed by atoms with Crippen LogP contribution >= 0.6 is 0 Å². The molecule has 0 bridgehead atoms. The predicted molar refractivity (Wildman–Crippen MR) is 130 cm³/mol. The second-order valence-electron chi connectivity index (χ2n) is 11.0. The smallest absolute Gasteiger partial charge is 0.408 e. The summed E-state index contributed by atoms with van der Waals surface area (Å²) in [7, 11) is 0. The van der Waals surface area contributed by atoms with Crippen LogP contribution in [0.3, 0.4) is 0 Å². The van der Waals surface area contributed by atoms with E-state index in [1.54, 1.807) is 25.7 Å². The molecule has 1 aromatic rings. The van der Waals surface area contributed by atoms with Gasteiger partial charge in [-0.1, -0.05) is 50.6 Å². The number of ether oxygens (including phenoxy) is 1. The highest BCUT2D eigenvalue weighted by molar-refractivity contribution is 5.93. The highest BCUT2D eigenvalue weighted by Crippen LogP contribution is 2.36. The number of hydrogen-bond acceptors (Lipinski definition) is 4. The molecule has 0 heterocycles. The lowest BCUT2D eigenvalue weighted by Gasteiger charge is -2.37. The van der Waals surface area contributed by atoms with E-state index in [1.165, 1.54) is 0 Å². The number of hydrogen-bond donors (Lipinski definition) is 2. The summed E-state index contributed by atoms with van der Waals surface area (Å²) in [6, 6.07) is 7.75. The van der Waals surface area contributed by atoms with Crippen molar-refractivity contribution >= 4 is 17.9 Å². The van der Waals surface area contributed by atoms with Gasteiger partial charge in [-0.25, -0.2) is 4.79 Å². The fourth-order valence-corrected chi connectivity index (χ4v) is 3.66. The van der Waals surface area contributed by atoms with Crippen LogP contribution in [0.1, 0.15) is 86.3 Å². The highest BCUT2D eigenvalue weighted by Gasteiger charge is 2.45. The molecule has 0 saturated heterocycles. The van der Waals surface area contributed by atoms with Crippen molar-refractivity contribution in [3.63, 3.8) is 0 Å². The molecule has 1 aliphatic rings. The number of amides is 3. The van der Waals surface area contributed by atoms with E-state index in [-0.39, 0.29) is 23.8 Å². The van der Waals surface area contributed by atoms with Gasteiger partial charge in [0.25, 0.3) is 0 Å². The topological polar surface area (TPSA) is 87.7 Å². The first-order chi connectivity index (χ1) is 15.2. The molecule has 3 amide bonds. The van der Waals surface area contributed by atoms with Crippen molar-refractivity contribution in [1.82, 2.24) is 15.5 Å². The summed E-state index contributed by atoms with van der Waals surface area (Å²) < 4.78 is 5.43. The normalized spacial score (nSPS) is 16.8. The van der Waals surface area contributed by atoms with Gasteiger partial charge in [0.1, 0.15) is 17.7 Å². The minimum absolute atomic E-state index is 0.0413. The molecule has 2 rings (SSSR count). The summed E-state index contributed by atoms with van der Waals surface area (Å²) in [4.78, 5) is 41.7. The fourth-order valence-electron chi connectivity index (χ4n) is 3.66. The Kier molecular flexibility index (Phi) is 8.55. The molecular weight excluding hydrogens is 418 g/mol. The molecule has 0 aromatic heterocycles. The molecule has 3 atom stereocenters. The van der Waals surface area contributed by atoms with Crippen LogP contribution in [-0.4, -0.2) is 46.0 Å². The van der Waals surface area contributed by atoms with Crippen molar-refractivity contribution in [3.8, 4) is 0 Å². The summed E-state index contributed by atoms with van der Waals surface area (Å²) in [6.45, 7) is 15.0. The summed E-state index contributed by atoms with van der Waals surface area (Å²) in [6.07, 6.45) is 1.72. The first-order valence-electron chi connectivity index (χ1n) is 11.9. The lowest BCUT2D eigenvalue weighted by atomic mass is 9.95. The lowest BCUT2D eigenvalue weighted by Crippen LogP contribution is -2.57. The van der Waals surface area contributed by atoms with Crippen LogP contribution < -0.4 is 10.6 Å². The van der Waals surface area contributed by atoms with Crippen molar-refractivity contribution < 1.29 is 19.1 Å². The van der Waals surface area contributed by atoms with Crippen molar-refractivity contribution in [2.45, 2.75) is 104 Å². The molecule has 7 heteroatoms. The van der Waals surface area contributed by atoms with Crippen LogP contribution in [0.4, 0.5) is 4.79 Å². The van der Waals surface area contributed by atoms with E-state index in [0.29, 0.717) is 6.42 Å². The van der Waals surface area contributed by atoms with Gasteiger partial charge in [-0.3, -0.25) is 9.59 Å². The molecule has 2 N–H and O–H groups in total. The van der Waals surface area contributed by atoms with Crippen LogP contribution in [0.2, 0.25) is 0 Å². The van der Waals surface area contributed by atoms with Gasteiger partial charge in [0.05, 0.1) is 0 Å². The fraction of sp³-hybridized carbons (Fsp3) is 0.654. The number of nitrogens with zero attached hydrogens (tertiary/aromatic N) is 1. The highest BCUT2D eigenvalue weighted by atomic mass is 16.6. The third-order valence-electron chi connectivity index (χ3n) is 5.49. The van der Waals surface area contributed by atoms with E-state index < -0.39 is 29.3 Å². The molecule has 1 fully saturated rings. The second kappa shape index (κ2) is 10.6. The first-order valence-corrected chi connectivity index (χ1v) is 11.9. The summed E-state index contributed by atoms with van der Waals surface area (Å²) in [5.74, 6) is -0.613. The Morgan fingerprint density at radius 3 is 2.09 bits per heavy atom. The molecule has 0 spiro atoms. The Morgan fingerprint density at radius 2 is 1.64 bits per heavy atom. The van der Waals surface area contributed by atoms with Crippen molar-refractivity contribution in [1.29, 1.82) is 0 Å². The zero-order valence-corrected chi connectivity index (χ0v) is 21.4. The monoisotopic (exact) mass is 459 g/mol. The molecule has 0 radical (unpaired) electrons. The van der Waals surface area contributed by atoms with Crippen LogP contribution in [0.5, 0.6) is 0 Å². The summed E-state index contributed by atoms with van der Waals surface area (Å²) in [5, 5.41) is 5.84. The number of nitrogens with one attached hydrogen (secondary N) is 2. The summed E-state index contributed by atoms with van der Waals surface area (Å²) >= 11 is 0. The number of benzene rings is 1. The predicted octanol–water partition coefficient (Wildman–Crippen LogP) is 4.57. The van der Waals surface area contributed by atoms with Gasteiger partial charge in [0, 0.05) is 11.6 Å².